The topological polar surface area (TPSA) is 112 Å². The first kappa shape index (κ1) is 16.4. The zero-order valence-corrected chi connectivity index (χ0v) is 13.2. The number of carboxylic acids is 1. The Labute approximate surface area is 142 Å². The third-order valence-electron chi connectivity index (χ3n) is 3.62. The number of carbonyl (C=O) groups is 3. The molecule has 0 bridgehead atoms. The van der Waals surface area contributed by atoms with Crippen LogP contribution in [0.2, 0.25) is 0 Å². The third kappa shape index (κ3) is 3.89. The van der Waals surface area contributed by atoms with Crippen molar-refractivity contribution >= 4 is 28.7 Å². The van der Waals surface area contributed by atoms with Crippen molar-refractivity contribution in [1.29, 1.82) is 0 Å². The first-order valence-electron chi connectivity index (χ1n) is 7.60. The van der Waals surface area contributed by atoms with E-state index >= 15 is 0 Å². The number of fused-ring (bicyclic) bond motifs is 1. The Hall–Kier alpha value is -3.48. The number of carboxylic acid groups (broad SMARTS) is 1. The fraction of sp³-hybridized carbons (Fsp3) is 0.111. The second kappa shape index (κ2) is 6.96. The van der Waals surface area contributed by atoms with Crippen LogP contribution in [0.5, 0.6) is 0 Å². The van der Waals surface area contributed by atoms with E-state index in [9.17, 15) is 14.4 Å². The predicted octanol–water partition coefficient (Wildman–Crippen LogP) is 1.80. The second-order valence-electron chi connectivity index (χ2n) is 5.48. The molecule has 0 fully saturated rings. The molecule has 2 aromatic carbocycles. The van der Waals surface area contributed by atoms with Gasteiger partial charge in [-0.15, -0.1) is 0 Å². The van der Waals surface area contributed by atoms with Gasteiger partial charge in [0.2, 0.25) is 0 Å². The number of H-pyrrole nitrogens is 1. The van der Waals surface area contributed by atoms with Gasteiger partial charge in [-0.3, -0.25) is 14.4 Å². The minimum absolute atomic E-state index is 0.00103. The molecule has 25 heavy (non-hydrogen) atoms. The van der Waals surface area contributed by atoms with Gasteiger partial charge in [0.1, 0.15) is 6.54 Å². The molecule has 1 heterocycles. The molecule has 3 N–H and O–H groups in total. The van der Waals surface area contributed by atoms with Gasteiger partial charge >= 0.3 is 5.97 Å². The van der Waals surface area contributed by atoms with Gasteiger partial charge in [0.05, 0.1) is 11.0 Å². The van der Waals surface area contributed by atoms with Gasteiger partial charge in [0, 0.05) is 12.0 Å². The van der Waals surface area contributed by atoms with Crippen LogP contribution in [0.1, 0.15) is 26.5 Å². The highest BCUT2D eigenvalue weighted by Crippen LogP contribution is 2.16. The van der Waals surface area contributed by atoms with E-state index in [0.717, 1.165) is 5.56 Å². The van der Waals surface area contributed by atoms with E-state index in [2.05, 4.69) is 15.3 Å². The summed E-state index contributed by atoms with van der Waals surface area (Å²) in [6.45, 7) is -0.479. The highest BCUT2D eigenvalue weighted by Gasteiger charge is 2.13. The van der Waals surface area contributed by atoms with Gasteiger partial charge < -0.3 is 15.4 Å². The first-order chi connectivity index (χ1) is 12.0. The van der Waals surface area contributed by atoms with Crippen molar-refractivity contribution in [3.05, 3.63) is 65.5 Å². The number of amides is 1. The van der Waals surface area contributed by atoms with Crippen LogP contribution in [0.4, 0.5) is 0 Å². The molecule has 126 valence electrons. The molecule has 1 amide bonds. The lowest BCUT2D eigenvalue weighted by atomic mass is 10.0. The lowest BCUT2D eigenvalue weighted by Gasteiger charge is -2.01. The molecule has 0 aliphatic heterocycles. The monoisotopic (exact) mass is 337 g/mol. The highest BCUT2D eigenvalue weighted by molar-refractivity contribution is 5.98. The summed E-state index contributed by atoms with van der Waals surface area (Å²) in [5.41, 5.74) is 2.61. The second-order valence-corrected chi connectivity index (χ2v) is 5.48. The van der Waals surface area contributed by atoms with Crippen LogP contribution in [-0.2, 0) is 11.2 Å². The number of nitrogens with zero attached hydrogens (tertiary/aromatic N) is 1. The molecule has 0 saturated heterocycles. The minimum Gasteiger partial charge on any atom is -0.480 e. The number of imidazole rings is 1. The van der Waals surface area contributed by atoms with Crippen molar-refractivity contribution in [3.8, 4) is 0 Å². The Balaban J connectivity index is 1.77. The molecule has 3 aromatic rings. The molecule has 3 rings (SSSR count). The largest absolute Gasteiger partial charge is 0.480 e. The molecule has 0 unspecified atom stereocenters. The van der Waals surface area contributed by atoms with Crippen LogP contribution < -0.4 is 5.32 Å². The number of rotatable bonds is 6. The maximum atomic E-state index is 12.3. The number of nitrogens with one attached hydrogen (secondary N) is 2. The lowest BCUT2D eigenvalue weighted by molar-refractivity contribution is -0.135. The van der Waals surface area contributed by atoms with Crippen molar-refractivity contribution in [3.63, 3.8) is 0 Å². The lowest BCUT2D eigenvalue weighted by Crippen LogP contribution is -2.29. The Morgan fingerprint density at radius 3 is 2.56 bits per heavy atom. The van der Waals surface area contributed by atoms with E-state index in [0.29, 0.717) is 16.6 Å². The molecule has 0 aliphatic rings. The molecule has 0 radical (unpaired) electrons. The summed E-state index contributed by atoms with van der Waals surface area (Å²) in [5.74, 6) is -1.70. The van der Waals surface area contributed by atoms with Gasteiger partial charge in [-0.05, 0) is 17.7 Å². The quantitative estimate of drug-likeness (QED) is 0.594. The minimum atomic E-state index is -1.13. The van der Waals surface area contributed by atoms with Gasteiger partial charge in [-0.1, -0.05) is 36.4 Å². The van der Waals surface area contributed by atoms with Crippen molar-refractivity contribution < 1.29 is 19.5 Å². The Bertz CT molecular complexity index is 947. The molecule has 0 saturated carbocycles. The van der Waals surface area contributed by atoms with Crippen LogP contribution in [0.3, 0.4) is 0 Å². The number of carbonyl (C=O) groups excluding carboxylic acids is 2. The number of ketones is 1. The zero-order valence-electron chi connectivity index (χ0n) is 13.2. The molecule has 7 heteroatoms. The summed E-state index contributed by atoms with van der Waals surface area (Å²) in [6.07, 6.45) is 0.236. The normalized spacial score (nSPS) is 10.6. The van der Waals surface area contributed by atoms with Crippen molar-refractivity contribution in [2.75, 3.05) is 6.54 Å². The van der Waals surface area contributed by atoms with Crippen LogP contribution >= 0.6 is 0 Å². The Morgan fingerprint density at radius 2 is 1.84 bits per heavy atom. The van der Waals surface area contributed by atoms with Gasteiger partial charge in [0.15, 0.2) is 11.6 Å². The number of aliphatic carboxylic acids is 1. The van der Waals surface area contributed by atoms with E-state index in [1.54, 1.807) is 30.3 Å². The van der Waals surface area contributed by atoms with Gasteiger partial charge in [0.25, 0.3) is 5.91 Å². The number of hydrogen-bond acceptors (Lipinski definition) is 4. The predicted molar refractivity (Wildman–Crippen MR) is 90.5 cm³/mol. The molecule has 0 spiro atoms. The van der Waals surface area contributed by atoms with E-state index in [-0.39, 0.29) is 18.0 Å². The molecular weight excluding hydrogens is 322 g/mol. The van der Waals surface area contributed by atoms with E-state index in [1.165, 1.54) is 0 Å². The molecule has 0 atom stereocenters. The summed E-state index contributed by atoms with van der Waals surface area (Å²) >= 11 is 0. The van der Waals surface area contributed by atoms with Crippen LogP contribution in [-0.4, -0.2) is 39.3 Å². The fourth-order valence-corrected chi connectivity index (χ4v) is 2.43. The van der Waals surface area contributed by atoms with Crippen LogP contribution in [0.25, 0.3) is 11.0 Å². The molecule has 0 aliphatic carbocycles. The maximum Gasteiger partial charge on any atom is 0.322 e. The Kier molecular flexibility index (Phi) is 4.56. The van der Waals surface area contributed by atoms with E-state index in [4.69, 9.17) is 5.11 Å². The Morgan fingerprint density at radius 1 is 1.08 bits per heavy atom. The van der Waals surface area contributed by atoms with Crippen molar-refractivity contribution in [2.24, 2.45) is 0 Å². The third-order valence-corrected chi connectivity index (χ3v) is 3.62. The van der Waals surface area contributed by atoms with Crippen molar-refractivity contribution in [2.45, 2.75) is 6.42 Å². The number of hydrogen-bond donors (Lipinski definition) is 3. The SMILES string of the molecule is O=C(O)CNC(=O)c1nc2ccc(CC(=O)c3ccccc3)cc2[nH]1. The first-order valence-corrected chi connectivity index (χ1v) is 7.60. The average Bonchev–Trinajstić information content (AvgIpc) is 3.03. The number of aromatic nitrogens is 2. The maximum absolute atomic E-state index is 12.3. The summed E-state index contributed by atoms with van der Waals surface area (Å²) in [6, 6.07) is 14.3. The van der Waals surface area contributed by atoms with Gasteiger partial charge in [-0.2, -0.15) is 0 Å². The summed E-state index contributed by atoms with van der Waals surface area (Å²) < 4.78 is 0. The van der Waals surface area contributed by atoms with E-state index < -0.39 is 18.4 Å². The fourth-order valence-electron chi connectivity index (χ4n) is 2.43. The number of aromatic amines is 1. The summed E-state index contributed by atoms with van der Waals surface area (Å²) in [5, 5.41) is 10.8. The summed E-state index contributed by atoms with van der Waals surface area (Å²) in [4.78, 5) is 41.6. The summed E-state index contributed by atoms with van der Waals surface area (Å²) in [7, 11) is 0. The zero-order chi connectivity index (χ0) is 17.8. The van der Waals surface area contributed by atoms with E-state index in [1.807, 2.05) is 18.2 Å². The van der Waals surface area contributed by atoms with Crippen LogP contribution in [0, 0.1) is 0 Å². The number of benzene rings is 2. The standard InChI is InChI=1S/C18H15N3O4/c22-15(12-4-2-1-3-5-12)9-11-6-7-13-14(8-11)21-17(20-13)18(25)19-10-16(23)24/h1-8H,9-10H2,(H,19,25)(H,20,21)(H,23,24). The molecule has 1 aromatic heterocycles. The number of Topliss-reactive ketones (excluding diaryl/α,β-unsaturated/α-hetero) is 1. The smallest absolute Gasteiger partial charge is 0.322 e. The van der Waals surface area contributed by atoms with Gasteiger partial charge in [-0.25, -0.2) is 4.98 Å². The molecule has 7 nitrogen and oxygen atoms in total. The van der Waals surface area contributed by atoms with Crippen LogP contribution in [0.15, 0.2) is 48.5 Å². The molecular formula is C18H15N3O4. The highest BCUT2D eigenvalue weighted by atomic mass is 16.4. The van der Waals surface area contributed by atoms with Crippen molar-refractivity contribution in [1.82, 2.24) is 15.3 Å². The average molecular weight is 337 g/mol.